The van der Waals surface area contributed by atoms with Crippen molar-refractivity contribution in [3.05, 3.63) is 84.2 Å². The van der Waals surface area contributed by atoms with Crippen molar-refractivity contribution in [2.75, 3.05) is 76.3 Å². The lowest BCUT2D eigenvalue weighted by molar-refractivity contribution is -0.106. The fourth-order valence-corrected chi connectivity index (χ4v) is 4.93. The fourth-order valence-electron chi connectivity index (χ4n) is 4.93. The molecular weight excluding hydrogens is 530 g/mol. The molecule has 0 saturated carbocycles. The monoisotopic (exact) mass is 571 g/mol. The summed E-state index contributed by atoms with van der Waals surface area (Å²) >= 11 is 0. The number of hydrogen-bond acceptors (Lipinski definition) is 9. The maximum Gasteiger partial charge on any atom is 0.204 e. The van der Waals surface area contributed by atoms with Crippen LogP contribution in [0.3, 0.4) is 0 Å². The number of piperazine rings is 1. The average molecular weight is 572 g/mol. The van der Waals surface area contributed by atoms with Crippen LogP contribution in [0, 0.1) is 6.92 Å². The number of nitrogens with one attached hydrogen (secondary N) is 1. The normalized spacial score (nSPS) is 15.1. The molecule has 222 valence electrons. The van der Waals surface area contributed by atoms with Gasteiger partial charge < -0.3 is 35.2 Å². The number of carbonyl (C=O) groups excluding carboxylic acids is 1. The van der Waals surface area contributed by atoms with Crippen molar-refractivity contribution in [2.24, 2.45) is 10.7 Å². The molecular formula is C32H41N7O3. The van der Waals surface area contributed by atoms with E-state index in [4.69, 9.17) is 19.3 Å². The predicted octanol–water partition coefficient (Wildman–Crippen LogP) is 4.26. The van der Waals surface area contributed by atoms with Crippen LogP contribution in [0.1, 0.15) is 5.56 Å². The van der Waals surface area contributed by atoms with Crippen molar-refractivity contribution in [1.82, 2.24) is 9.80 Å². The number of nitrogens with two attached hydrogens (primary N) is 1. The lowest BCUT2D eigenvalue weighted by Crippen LogP contribution is -2.44. The molecule has 42 heavy (non-hydrogen) atoms. The van der Waals surface area contributed by atoms with Crippen molar-refractivity contribution in [2.45, 2.75) is 6.92 Å². The minimum atomic E-state index is 0.250. The summed E-state index contributed by atoms with van der Waals surface area (Å²) in [5.41, 5.74) is 9.64. The quantitative estimate of drug-likeness (QED) is 0.406. The third-order valence-corrected chi connectivity index (χ3v) is 7.36. The van der Waals surface area contributed by atoms with Gasteiger partial charge in [-0.2, -0.15) is 0 Å². The van der Waals surface area contributed by atoms with Gasteiger partial charge in [-0.05, 0) is 62.0 Å². The minimum absolute atomic E-state index is 0.250. The second-order valence-corrected chi connectivity index (χ2v) is 10.1. The lowest BCUT2D eigenvalue weighted by atomic mass is 10.1. The van der Waals surface area contributed by atoms with E-state index in [0.717, 1.165) is 60.6 Å². The number of anilines is 4. The molecule has 10 heteroatoms. The van der Waals surface area contributed by atoms with E-state index in [0.29, 0.717) is 12.4 Å². The van der Waals surface area contributed by atoms with Gasteiger partial charge in [0.25, 0.3) is 0 Å². The number of nitrogens with zero attached hydrogens (tertiary/aromatic N) is 5. The van der Waals surface area contributed by atoms with Crippen LogP contribution in [-0.2, 0) is 4.79 Å². The number of para-hydroxylation sites is 1. The second-order valence-electron chi connectivity index (χ2n) is 10.1. The molecule has 2 heterocycles. The molecule has 3 N–H and O–H groups in total. The van der Waals surface area contributed by atoms with Gasteiger partial charge in [0.05, 0.1) is 25.6 Å². The highest BCUT2D eigenvalue weighted by Crippen LogP contribution is 2.34. The van der Waals surface area contributed by atoms with Crippen LogP contribution in [0.15, 0.2) is 83.6 Å². The Morgan fingerprint density at radius 2 is 1.64 bits per heavy atom. The van der Waals surface area contributed by atoms with E-state index >= 15 is 0 Å². The summed E-state index contributed by atoms with van der Waals surface area (Å²) in [7, 11) is 7.53. The number of carbonyl (C=O) groups is 1. The summed E-state index contributed by atoms with van der Waals surface area (Å²) in [6, 6.07) is 23.1. The first-order chi connectivity index (χ1) is 20.4. The van der Waals surface area contributed by atoms with Gasteiger partial charge in [-0.1, -0.05) is 18.2 Å². The molecule has 1 saturated heterocycles. The van der Waals surface area contributed by atoms with Crippen molar-refractivity contribution in [3.8, 4) is 11.5 Å². The molecule has 5 rings (SSSR count). The van der Waals surface area contributed by atoms with E-state index in [9.17, 15) is 0 Å². The Labute approximate surface area is 248 Å². The van der Waals surface area contributed by atoms with E-state index in [1.807, 2.05) is 25.2 Å². The first-order valence-electron chi connectivity index (χ1n) is 13.9. The second kappa shape index (κ2) is 14.3. The zero-order chi connectivity index (χ0) is 30.1. The molecule has 0 radical (unpaired) electrons. The number of aryl methyl sites for hydroxylation is 1. The molecule has 0 bridgehead atoms. The molecule has 2 aliphatic heterocycles. The van der Waals surface area contributed by atoms with Crippen molar-refractivity contribution in [3.63, 3.8) is 0 Å². The number of ether oxygens (including phenoxy) is 2. The number of likely N-dealkylation sites (N-methyl/N-ethyl adjacent to an activating group) is 1. The van der Waals surface area contributed by atoms with Crippen LogP contribution in [0.2, 0.25) is 0 Å². The zero-order valence-electron chi connectivity index (χ0n) is 25.1. The van der Waals surface area contributed by atoms with Crippen molar-refractivity contribution < 1.29 is 14.3 Å². The summed E-state index contributed by atoms with van der Waals surface area (Å²) in [5, 5.41) is 3.55. The predicted molar refractivity (Wildman–Crippen MR) is 171 cm³/mol. The van der Waals surface area contributed by atoms with E-state index in [-0.39, 0.29) is 6.41 Å². The molecule has 0 aromatic heterocycles. The van der Waals surface area contributed by atoms with Gasteiger partial charge in [0, 0.05) is 56.7 Å². The fraction of sp³-hybridized carbons (Fsp3) is 0.312. The number of rotatable bonds is 7. The van der Waals surface area contributed by atoms with Crippen LogP contribution in [-0.4, -0.2) is 83.2 Å². The number of hydrogen-bond donors (Lipinski definition) is 2. The first-order valence-corrected chi connectivity index (χ1v) is 13.9. The van der Waals surface area contributed by atoms with Crippen LogP contribution in [0.25, 0.3) is 0 Å². The number of amides is 1. The standard InChI is InChI=1S/C31H38N6O2.CH3NO/c1-23-8-6-7-9-28(23)37(25-12-10-24(11-13-25)36-18-16-34(2)17-19-36)30-21-31(35(3)22-32-30)33-27-15-14-26(38-4)20-29(27)39-5;2-1-3/h6-15,20-21,33H,16-19,22H2,1-5H3;1H,(H2,2,3). The Morgan fingerprint density at radius 1 is 0.952 bits per heavy atom. The maximum absolute atomic E-state index is 8.58. The first kappa shape index (κ1) is 30.3. The number of methoxy groups -OCH3 is 2. The summed E-state index contributed by atoms with van der Waals surface area (Å²) in [4.78, 5) is 22.7. The topological polar surface area (TPSA) is 98.9 Å². The van der Waals surface area contributed by atoms with Gasteiger partial charge in [0.1, 0.15) is 29.8 Å². The Hall–Kier alpha value is -4.70. The molecule has 0 unspecified atom stereocenters. The SMILES string of the molecule is COc1ccc(NC2=CC(N(c3ccc(N4CCN(C)CC4)cc3)c3ccccc3C)=NCN2C)c(OC)c1.NC=O. The third-order valence-electron chi connectivity index (χ3n) is 7.36. The highest BCUT2D eigenvalue weighted by atomic mass is 16.5. The highest BCUT2D eigenvalue weighted by molar-refractivity contribution is 6.12. The Morgan fingerprint density at radius 3 is 2.29 bits per heavy atom. The van der Waals surface area contributed by atoms with Gasteiger partial charge in [0.2, 0.25) is 6.41 Å². The Kier molecular flexibility index (Phi) is 10.3. The Bertz CT molecular complexity index is 1400. The average Bonchev–Trinajstić information content (AvgIpc) is 3.01. The molecule has 0 atom stereocenters. The molecule has 2 aliphatic rings. The third kappa shape index (κ3) is 7.13. The molecule has 3 aromatic rings. The number of amidine groups is 1. The Balaban J connectivity index is 0.00000129. The molecule has 1 fully saturated rings. The van der Waals surface area contributed by atoms with Gasteiger partial charge in [-0.15, -0.1) is 0 Å². The number of benzene rings is 3. The van der Waals surface area contributed by atoms with E-state index in [1.165, 1.54) is 11.3 Å². The minimum Gasteiger partial charge on any atom is -0.497 e. The molecule has 10 nitrogen and oxygen atoms in total. The molecule has 0 aliphatic carbocycles. The summed E-state index contributed by atoms with van der Waals surface area (Å²) < 4.78 is 11.0. The van der Waals surface area contributed by atoms with E-state index in [2.05, 4.69) is 99.2 Å². The zero-order valence-corrected chi connectivity index (χ0v) is 25.1. The maximum atomic E-state index is 8.58. The smallest absolute Gasteiger partial charge is 0.204 e. The molecule has 3 aromatic carbocycles. The van der Waals surface area contributed by atoms with Crippen LogP contribution in [0.4, 0.5) is 22.7 Å². The summed E-state index contributed by atoms with van der Waals surface area (Å²) in [6.45, 7) is 6.92. The van der Waals surface area contributed by atoms with Gasteiger partial charge in [-0.25, -0.2) is 4.99 Å². The van der Waals surface area contributed by atoms with Crippen molar-refractivity contribution >= 4 is 35.0 Å². The van der Waals surface area contributed by atoms with Gasteiger partial charge in [-0.3, -0.25) is 9.69 Å². The number of primary amides is 1. The van der Waals surface area contributed by atoms with Crippen LogP contribution in [0.5, 0.6) is 11.5 Å². The van der Waals surface area contributed by atoms with E-state index in [1.54, 1.807) is 14.2 Å². The number of aliphatic imine (C=N–C) groups is 1. The lowest BCUT2D eigenvalue weighted by Gasteiger charge is -2.35. The van der Waals surface area contributed by atoms with Gasteiger partial charge in [0.15, 0.2) is 0 Å². The van der Waals surface area contributed by atoms with E-state index < -0.39 is 0 Å². The van der Waals surface area contributed by atoms with Gasteiger partial charge >= 0.3 is 0 Å². The largest absolute Gasteiger partial charge is 0.497 e. The summed E-state index contributed by atoms with van der Waals surface area (Å²) in [6.07, 6.45) is 2.34. The molecule has 0 spiro atoms. The van der Waals surface area contributed by atoms with Crippen molar-refractivity contribution in [1.29, 1.82) is 0 Å². The summed E-state index contributed by atoms with van der Waals surface area (Å²) in [5.74, 6) is 3.25. The van der Waals surface area contributed by atoms with Crippen LogP contribution >= 0.6 is 0 Å². The highest BCUT2D eigenvalue weighted by Gasteiger charge is 2.23. The van der Waals surface area contributed by atoms with Crippen LogP contribution < -0.4 is 30.3 Å². The molecule has 1 amide bonds.